The van der Waals surface area contributed by atoms with Crippen LogP contribution in [0.3, 0.4) is 0 Å². The molecular weight excluding hydrogens is 364 g/mol. The molecule has 0 radical (unpaired) electrons. The lowest BCUT2D eigenvalue weighted by molar-refractivity contribution is -0.138. The number of piperidine rings is 1. The Kier molecular flexibility index (Phi) is 6.70. The molecule has 1 aromatic rings. The average Bonchev–Trinajstić information content (AvgIpc) is 2.68. The molecule has 0 aliphatic carbocycles. The minimum absolute atomic E-state index is 0.252. The standard InChI is InChI=1S/C19H26N4O5/c24-17-7-6-16(18(25)21-17)28-15-4-2-14(3-5-15)23-12-10-22(11-13-23)9-1-8-20-19(26)27/h2-5,16,20H,1,6-13H2,(H,26,27)(H,21,24,25). The topological polar surface area (TPSA) is 111 Å². The number of carboxylic acid groups (broad SMARTS) is 1. The number of ether oxygens (including phenoxy) is 1. The lowest BCUT2D eigenvalue weighted by atomic mass is 10.1. The maximum atomic E-state index is 11.8. The van der Waals surface area contributed by atoms with Crippen molar-refractivity contribution in [1.82, 2.24) is 15.5 Å². The highest BCUT2D eigenvalue weighted by atomic mass is 16.5. The van der Waals surface area contributed by atoms with Gasteiger partial charge in [0.05, 0.1) is 0 Å². The fraction of sp³-hybridized carbons (Fsp3) is 0.526. The lowest BCUT2D eigenvalue weighted by Crippen LogP contribution is -2.47. The van der Waals surface area contributed by atoms with Gasteiger partial charge >= 0.3 is 6.09 Å². The highest BCUT2D eigenvalue weighted by Crippen LogP contribution is 2.23. The van der Waals surface area contributed by atoms with Crippen molar-refractivity contribution >= 4 is 23.6 Å². The molecule has 0 aromatic heterocycles. The molecule has 9 heteroatoms. The summed E-state index contributed by atoms with van der Waals surface area (Å²) < 4.78 is 5.71. The number of piperazine rings is 1. The summed E-state index contributed by atoms with van der Waals surface area (Å²) in [7, 11) is 0. The van der Waals surface area contributed by atoms with Gasteiger partial charge in [-0.2, -0.15) is 0 Å². The summed E-state index contributed by atoms with van der Waals surface area (Å²) in [4.78, 5) is 38.0. The molecule has 152 valence electrons. The largest absolute Gasteiger partial charge is 0.481 e. The normalized spacial score (nSPS) is 20.6. The number of carbonyl (C=O) groups excluding carboxylic acids is 2. The third-order valence-corrected chi connectivity index (χ3v) is 4.97. The molecule has 0 spiro atoms. The van der Waals surface area contributed by atoms with Crippen LogP contribution in [0, 0.1) is 0 Å². The number of imide groups is 1. The van der Waals surface area contributed by atoms with Crippen LogP contribution in [-0.2, 0) is 9.59 Å². The Bertz CT molecular complexity index is 701. The second-order valence-electron chi connectivity index (χ2n) is 6.97. The molecule has 0 saturated carbocycles. The first kappa shape index (κ1) is 19.9. The van der Waals surface area contributed by atoms with E-state index >= 15 is 0 Å². The highest BCUT2D eigenvalue weighted by Gasteiger charge is 2.28. The van der Waals surface area contributed by atoms with Crippen molar-refractivity contribution in [3.63, 3.8) is 0 Å². The van der Waals surface area contributed by atoms with E-state index in [0.717, 1.165) is 44.8 Å². The van der Waals surface area contributed by atoms with Gasteiger partial charge in [-0.15, -0.1) is 0 Å². The quantitative estimate of drug-likeness (QED) is 0.463. The van der Waals surface area contributed by atoms with Crippen LogP contribution in [0.15, 0.2) is 24.3 Å². The zero-order valence-electron chi connectivity index (χ0n) is 15.7. The number of anilines is 1. The van der Waals surface area contributed by atoms with E-state index in [2.05, 4.69) is 20.4 Å². The molecule has 2 fully saturated rings. The van der Waals surface area contributed by atoms with Crippen molar-refractivity contribution in [2.24, 2.45) is 0 Å². The first-order valence-electron chi connectivity index (χ1n) is 9.56. The van der Waals surface area contributed by atoms with Crippen molar-refractivity contribution in [2.45, 2.75) is 25.4 Å². The first-order valence-corrected chi connectivity index (χ1v) is 9.56. The van der Waals surface area contributed by atoms with Gasteiger partial charge in [0.1, 0.15) is 5.75 Å². The molecule has 1 unspecified atom stereocenters. The molecular formula is C19H26N4O5. The Morgan fingerprint density at radius 2 is 1.89 bits per heavy atom. The molecule has 1 aromatic carbocycles. The van der Waals surface area contributed by atoms with Crippen LogP contribution in [0.5, 0.6) is 5.75 Å². The maximum absolute atomic E-state index is 11.8. The van der Waals surface area contributed by atoms with Crippen LogP contribution >= 0.6 is 0 Å². The van der Waals surface area contributed by atoms with Crippen molar-refractivity contribution in [2.75, 3.05) is 44.2 Å². The number of carbonyl (C=O) groups is 3. The first-order chi connectivity index (χ1) is 13.5. The SMILES string of the molecule is O=C(O)NCCCN1CCN(c2ccc(OC3CCC(=O)NC3=O)cc2)CC1. The van der Waals surface area contributed by atoms with Gasteiger partial charge in [0, 0.05) is 51.3 Å². The van der Waals surface area contributed by atoms with Crippen LogP contribution in [0.2, 0.25) is 0 Å². The van der Waals surface area contributed by atoms with Crippen LogP contribution in [-0.4, -0.2) is 73.3 Å². The van der Waals surface area contributed by atoms with Crippen molar-refractivity contribution < 1.29 is 24.2 Å². The van der Waals surface area contributed by atoms with E-state index in [0.29, 0.717) is 25.1 Å². The molecule has 9 nitrogen and oxygen atoms in total. The zero-order chi connectivity index (χ0) is 19.9. The fourth-order valence-corrected chi connectivity index (χ4v) is 3.41. The number of nitrogens with one attached hydrogen (secondary N) is 2. The van der Waals surface area contributed by atoms with E-state index in [1.54, 1.807) is 0 Å². The molecule has 2 heterocycles. The predicted molar refractivity (Wildman–Crippen MR) is 103 cm³/mol. The van der Waals surface area contributed by atoms with E-state index in [9.17, 15) is 14.4 Å². The van der Waals surface area contributed by atoms with Crippen molar-refractivity contribution in [1.29, 1.82) is 0 Å². The summed E-state index contributed by atoms with van der Waals surface area (Å²) in [6.07, 6.45) is -0.0993. The Balaban J connectivity index is 1.42. The smallest absolute Gasteiger partial charge is 0.404 e. The summed E-state index contributed by atoms with van der Waals surface area (Å²) >= 11 is 0. The summed E-state index contributed by atoms with van der Waals surface area (Å²) in [5.41, 5.74) is 1.10. The van der Waals surface area contributed by atoms with Crippen LogP contribution in [0.4, 0.5) is 10.5 Å². The summed E-state index contributed by atoms with van der Waals surface area (Å²) in [6, 6.07) is 7.66. The average molecular weight is 390 g/mol. The molecule has 0 bridgehead atoms. The lowest BCUT2D eigenvalue weighted by Gasteiger charge is -2.36. The van der Waals surface area contributed by atoms with Crippen LogP contribution in [0.1, 0.15) is 19.3 Å². The Labute approximate surface area is 163 Å². The second-order valence-corrected chi connectivity index (χ2v) is 6.97. The van der Waals surface area contributed by atoms with Gasteiger partial charge < -0.3 is 20.1 Å². The Morgan fingerprint density at radius 1 is 1.18 bits per heavy atom. The minimum atomic E-state index is -0.977. The van der Waals surface area contributed by atoms with E-state index in [4.69, 9.17) is 9.84 Å². The summed E-state index contributed by atoms with van der Waals surface area (Å²) in [6.45, 7) is 5.03. The zero-order valence-corrected chi connectivity index (χ0v) is 15.7. The van der Waals surface area contributed by atoms with E-state index < -0.39 is 12.2 Å². The summed E-state index contributed by atoms with van der Waals surface area (Å²) in [5.74, 6) is -0.0182. The third-order valence-electron chi connectivity index (χ3n) is 4.97. The van der Waals surface area contributed by atoms with E-state index in [1.165, 1.54) is 0 Å². The number of nitrogens with zero attached hydrogens (tertiary/aromatic N) is 2. The third kappa shape index (κ3) is 5.59. The number of amides is 3. The molecule has 3 rings (SSSR count). The van der Waals surface area contributed by atoms with Crippen molar-refractivity contribution in [3.8, 4) is 5.75 Å². The molecule has 2 saturated heterocycles. The number of benzene rings is 1. The molecule has 3 N–H and O–H groups in total. The molecule has 1 atom stereocenters. The Morgan fingerprint density at radius 3 is 2.54 bits per heavy atom. The number of rotatable bonds is 7. The maximum Gasteiger partial charge on any atom is 0.404 e. The van der Waals surface area contributed by atoms with Gasteiger partial charge in [-0.05, 0) is 37.2 Å². The molecule has 28 heavy (non-hydrogen) atoms. The van der Waals surface area contributed by atoms with Crippen LogP contribution in [0.25, 0.3) is 0 Å². The van der Waals surface area contributed by atoms with Crippen LogP contribution < -0.4 is 20.3 Å². The molecule has 2 aliphatic rings. The Hall–Kier alpha value is -2.81. The summed E-state index contributed by atoms with van der Waals surface area (Å²) in [5, 5.41) is 13.2. The molecule has 2 aliphatic heterocycles. The minimum Gasteiger partial charge on any atom is -0.481 e. The van der Waals surface area contributed by atoms with Gasteiger partial charge in [-0.1, -0.05) is 0 Å². The van der Waals surface area contributed by atoms with E-state index in [1.807, 2.05) is 24.3 Å². The van der Waals surface area contributed by atoms with Gasteiger partial charge in [-0.25, -0.2) is 4.79 Å². The molecule has 3 amide bonds. The fourth-order valence-electron chi connectivity index (χ4n) is 3.41. The number of hydrogen-bond donors (Lipinski definition) is 3. The number of hydrogen-bond acceptors (Lipinski definition) is 6. The second kappa shape index (κ2) is 9.41. The van der Waals surface area contributed by atoms with Gasteiger partial charge in [-0.3, -0.25) is 19.8 Å². The predicted octanol–water partition coefficient (Wildman–Crippen LogP) is 0.650. The van der Waals surface area contributed by atoms with Gasteiger partial charge in [0.15, 0.2) is 6.10 Å². The van der Waals surface area contributed by atoms with Gasteiger partial charge in [0.2, 0.25) is 5.91 Å². The highest BCUT2D eigenvalue weighted by molar-refractivity contribution is 5.99. The monoisotopic (exact) mass is 390 g/mol. The van der Waals surface area contributed by atoms with E-state index in [-0.39, 0.29) is 11.8 Å². The van der Waals surface area contributed by atoms with Crippen molar-refractivity contribution in [3.05, 3.63) is 24.3 Å². The van der Waals surface area contributed by atoms with Gasteiger partial charge in [0.25, 0.3) is 5.91 Å².